The van der Waals surface area contributed by atoms with Crippen LogP contribution in [0.5, 0.6) is 0 Å². The highest BCUT2D eigenvalue weighted by Gasteiger charge is 2.28. The van der Waals surface area contributed by atoms with Crippen LogP contribution >= 0.6 is 0 Å². The van der Waals surface area contributed by atoms with Crippen LogP contribution in [0.2, 0.25) is 0 Å². The minimum absolute atomic E-state index is 0.0441. The van der Waals surface area contributed by atoms with Gasteiger partial charge in [-0.3, -0.25) is 9.59 Å². The van der Waals surface area contributed by atoms with E-state index >= 15 is 0 Å². The van der Waals surface area contributed by atoms with Crippen molar-refractivity contribution in [3.05, 3.63) is 0 Å². The molecule has 0 heterocycles. The second kappa shape index (κ2) is 11.5. The first-order valence-electron chi connectivity index (χ1n) is 8.08. The molecular formula is C16H31NO4. The van der Waals surface area contributed by atoms with E-state index in [9.17, 15) is 9.59 Å². The van der Waals surface area contributed by atoms with Gasteiger partial charge in [0.05, 0.1) is 5.92 Å². The molecule has 0 saturated heterocycles. The maximum absolute atomic E-state index is 12.4. The molecule has 0 spiro atoms. The van der Waals surface area contributed by atoms with Crippen LogP contribution in [0.25, 0.3) is 0 Å². The Morgan fingerprint density at radius 2 is 1.52 bits per heavy atom. The fraction of sp³-hybridized carbons (Fsp3) is 0.875. The lowest BCUT2D eigenvalue weighted by Crippen LogP contribution is -2.40. The van der Waals surface area contributed by atoms with Gasteiger partial charge in [-0.1, -0.05) is 46.5 Å². The molecule has 2 unspecified atom stereocenters. The van der Waals surface area contributed by atoms with E-state index in [-0.39, 0.29) is 12.5 Å². The highest BCUT2D eigenvalue weighted by molar-refractivity contribution is 5.84. The number of nitrogens with zero attached hydrogens (tertiary/aromatic N) is 1. The van der Waals surface area contributed by atoms with Crippen molar-refractivity contribution in [1.29, 1.82) is 0 Å². The number of amides is 1. The van der Waals surface area contributed by atoms with Crippen LogP contribution in [0.3, 0.4) is 0 Å². The molecule has 5 heteroatoms. The number of rotatable bonds is 12. The molecule has 0 aromatic heterocycles. The van der Waals surface area contributed by atoms with Crippen LogP contribution in [-0.4, -0.2) is 46.7 Å². The quantitative estimate of drug-likeness (QED) is 0.543. The monoisotopic (exact) mass is 301 g/mol. The molecule has 0 saturated carbocycles. The molecule has 0 aliphatic rings. The number of hydrogen-bond acceptors (Lipinski definition) is 3. The largest absolute Gasteiger partial charge is 0.481 e. The summed E-state index contributed by atoms with van der Waals surface area (Å²) in [6, 6.07) is 0. The number of carbonyl (C=O) groups is 2. The second-order valence-corrected chi connectivity index (χ2v) is 5.73. The third-order valence-electron chi connectivity index (χ3n) is 3.96. The maximum atomic E-state index is 12.4. The molecule has 0 radical (unpaired) electrons. The fourth-order valence-corrected chi connectivity index (χ4v) is 2.22. The first-order valence-corrected chi connectivity index (χ1v) is 8.08. The van der Waals surface area contributed by atoms with E-state index in [2.05, 4.69) is 6.92 Å². The number of aliphatic hydroxyl groups is 1. The highest BCUT2D eigenvalue weighted by atomic mass is 16.4. The van der Waals surface area contributed by atoms with Crippen molar-refractivity contribution in [1.82, 2.24) is 4.90 Å². The van der Waals surface area contributed by atoms with Crippen LogP contribution < -0.4 is 0 Å². The molecule has 0 bridgehead atoms. The first kappa shape index (κ1) is 19.9. The molecule has 1 amide bonds. The lowest BCUT2D eigenvalue weighted by Gasteiger charge is -2.27. The van der Waals surface area contributed by atoms with Crippen molar-refractivity contribution >= 4 is 11.9 Å². The molecule has 2 N–H and O–H groups in total. The van der Waals surface area contributed by atoms with Gasteiger partial charge in [0, 0.05) is 25.6 Å². The summed E-state index contributed by atoms with van der Waals surface area (Å²) in [5, 5.41) is 18.0. The number of carbonyl (C=O) groups excluding carboxylic acids is 1. The summed E-state index contributed by atoms with van der Waals surface area (Å²) in [6.07, 6.45) is 6.11. The van der Waals surface area contributed by atoms with Gasteiger partial charge in [0.1, 0.15) is 0 Å². The molecule has 0 aliphatic heterocycles. The summed E-state index contributed by atoms with van der Waals surface area (Å²) >= 11 is 0. The fourth-order valence-electron chi connectivity index (χ4n) is 2.22. The summed E-state index contributed by atoms with van der Waals surface area (Å²) in [4.78, 5) is 25.1. The van der Waals surface area contributed by atoms with Gasteiger partial charge < -0.3 is 15.1 Å². The molecule has 21 heavy (non-hydrogen) atoms. The summed E-state index contributed by atoms with van der Waals surface area (Å²) in [6.45, 7) is 6.59. The van der Waals surface area contributed by atoms with Crippen molar-refractivity contribution in [3.63, 3.8) is 0 Å². The standard InChI is InChI=1S/C16H31NO4/c1-4-5-6-7-8-10-17(11-9-12-18)15(19)13(2)14(3)16(20)21/h13-14,18H,4-12H2,1-3H3,(H,20,21). The Morgan fingerprint density at radius 3 is 2.05 bits per heavy atom. The number of aliphatic carboxylic acids is 1. The van der Waals surface area contributed by atoms with Gasteiger partial charge >= 0.3 is 5.97 Å². The highest BCUT2D eigenvalue weighted by Crippen LogP contribution is 2.16. The van der Waals surface area contributed by atoms with Crippen LogP contribution in [0.1, 0.15) is 59.3 Å². The summed E-state index contributed by atoms with van der Waals surface area (Å²) in [7, 11) is 0. The minimum Gasteiger partial charge on any atom is -0.481 e. The number of hydrogen-bond donors (Lipinski definition) is 2. The molecule has 0 aromatic carbocycles. The average Bonchev–Trinajstić information content (AvgIpc) is 2.47. The van der Waals surface area contributed by atoms with E-state index in [1.807, 2.05) is 0 Å². The summed E-state index contributed by atoms with van der Waals surface area (Å²) < 4.78 is 0. The topological polar surface area (TPSA) is 77.8 Å². The van der Waals surface area contributed by atoms with E-state index in [0.717, 1.165) is 12.8 Å². The average molecular weight is 301 g/mol. The molecule has 5 nitrogen and oxygen atoms in total. The summed E-state index contributed by atoms with van der Waals surface area (Å²) in [5.74, 6) is -2.28. The van der Waals surface area contributed by atoms with Crippen LogP contribution in [-0.2, 0) is 9.59 Å². The van der Waals surface area contributed by atoms with E-state index in [0.29, 0.717) is 19.5 Å². The number of carboxylic acids is 1. The van der Waals surface area contributed by atoms with E-state index in [1.165, 1.54) is 19.3 Å². The van der Waals surface area contributed by atoms with Gasteiger partial charge in [0.15, 0.2) is 0 Å². The zero-order chi connectivity index (χ0) is 16.3. The van der Waals surface area contributed by atoms with Crippen molar-refractivity contribution in [2.45, 2.75) is 59.3 Å². The maximum Gasteiger partial charge on any atom is 0.307 e. The third kappa shape index (κ3) is 8.05. The number of carboxylic acid groups (broad SMARTS) is 1. The Labute approximate surface area is 128 Å². The van der Waals surface area contributed by atoms with Crippen molar-refractivity contribution in [2.24, 2.45) is 11.8 Å². The summed E-state index contributed by atoms with van der Waals surface area (Å²) in [5.41, 5.74) is 0. The predicted molar refractivity (Wildman–Crippen MR) is 83.0 cm³/mol. The third-order valence-corrected chi connectivity index (χ3v) is 3.96. The van der Waals surface area contributed by atoms with Gasteiger partial charge in [0.2, 0.25) is 5.91 Å². The van der Waals surface area contributed by atoms with Gasteiger partial charge in [-0.05, 0) is 12.8 Å². The van der Waals surface area contributed by atoms with Gasteiger partial charge in [-0.2, -0.15) is 0 Å². The van der Waals surface area contributed by atoms with Gasteiger partial charge in [-0.15, -0.1) is 0 Å². The Bertz CT molecular complexity index is 307. The number of aliphatic hydroxyl groups excluding tert-OH is 1. The van der Waals surface area contributed by atoms with E-state index < -0.39 is 17.8 Å². The van der Waals surface area contributed by atoms with Crippen molar-refractivity contribution in [3.8, 4) is 0 Å². The molecule has 0 rings (SSSR count). The zero-order valence-electron chi connectivity index (χ0n) is 13.7. The molecule has 0 fully saturated rings. The lowest BCUT2D eigenvalue weighted by molar-refractivity contribution is -0.149. The lowest BCUT2D eigenvalue weighted by atomic mass is 9.94. The van der Waals surface area contributed by atoms with Crippen molar-refractivity contribution < 1.29 is 19.8 Å². The molecule has 0 aliphatic carbocycles. The zero-order valence-corrected chi connectivity index (χ0v) is 13.7. The normalized spacial score (nSPS) is 13.7. The van der Waals surface area contributed by atoms with Crippen LogP contribution in [0.15, 0.2) is 0 Å². The second-order valence-electron chi connectivity index (χ2n) is 5.73. The predicted octanol–water partition coefficient (Wildman–Crippen LogP) is 2.52. The first-order chi connectivity index (χ1) is 9.95. The Morgan fingerprint density at radius 1 is 0.952 bits per heavy atom. The Hall–Kier alpha value is -1.10. The van der Waals surface area contributed by atoms with Crippen LogP contribution in [0, 0.1) is 11.8 Å². The molecule has 0 aromatic rings. The Kier molecular flexibility index (Phi) is 10.9. The SMILES string of the molecule is CCCCCCCN(CCCO)C(=O)C(C)C(C)C(=O)O. The molecular weight excluding hydrogens is 270 g/mol. The van der Waals surface area contributed by atoms with E-state index in [1.54, 1.807) is 18.7 Å². The Balaban J connectivity index is 4.43. The van der Waals surface area contributed by atoms with E-state index in [4.69, 9.17) is 10.2 Å². The smallest absolute Gasteiger partial charge is 0.307 e. The molecule has 124 valence electrons. The van der Waals surface area contributed by atoms with Crippen LogP contribution in [0.4, 0.5) is 0 Å². The van der Waals surface area contributed by atoms with Crippen molar-refractivity contribution in [2.75, 3.05) is 19.7 Å². The van der Waals surface area contributed by atoms with Gasteiger partial charge in [0.25, 0.3) is 0 Å². The number of unbranched alkanes of at least 4 members (excludes halogenated alkanes) is 4. The molecule has 2 atom stereocenters. The minimum atomic E-state index is -0.944. The van der Waals surface area contributed by atoms with Gasteiger partial charge in [-0.25, -0.2) is 0 Å².